The summed E-state index contributed by atoms with van der Waals surface area (Å²) in [6.45, 7) is 6.78. The number of aliphatic hydroxyl groups excluding tert-OH is 2. The lowest BCUT2D eigenvalue weighted by molar-refractivity contribution is -0.200. The Morgan fingerprint density at radius 1 is 1.00 bits per heavy atom. The molecule has 6 nitrogen and oxygen atoms in total. The Morgan fingerprint density at radius 3 is 2.39 bits per heavy atom. The molecule has 0 aromatic carbocycles. The van der Waals surface area contributed by atoms with Crippen LogP contribution in [0, 0.1) is 0 Å². The van der Waals surface area contributed by atoms with E-state index in [-0.39, 0.29) is 6.23 Å². The summed E-state index contributed by atoms with van der Waals surface area (Å²) in [6.07, 6.45) is 10.3. The van der Waals surface area contributed by atoms with E-state index in [2.05, 4.69) is 21.6 Å². The van der Waals surface area contributed by atoms with Gasteiger partial charge in [0.25, 0.3) is 0 Å². The summed E-state index contributed by atoms with van der Waals surface area (Å²) in [6, 6.07) is 1.14. The second-order valence-corrected chi connectivity index (χ2v) is 9.08. The second kappa shape index (κ2) is 9.43. The monoisotopic (exact) mass is 393 g/mol. The minimum atomic E-state index is -0.735. The van der Waals surface area contributed by atoms with Crippen molar-refractivity contribution in [2.45, 2.75) is 95.9 Å². The molecule has 6 heteroatoms. The Kier molecular flexibility index (Phi) is 6.94. The zero-order valence-electron chi connectivity index (χ0n) is 17.6. The molecule has 1 aliphatic carbocycles. The molecular weight excluding hydrogens is 354 g/mol. The zero-order valence-corrected chi connectivity index (χ0v) is 17.6. The molecule has 2 saturated heterocycles. The largest absolute Gasteiger partial charge is 0.373 e. The Hall–Kier alpha value is -0.660. The van der Waals surface area contributed by atoms with Gasteiger partial charge in [-0.2, -0.15) is 0 Å². The third kappa shape index (κ3) is 4.41. The maximum Gasteiger partial charge on any atom is 0.216 e. The number of hydrogen-bond donors (Lipinski definition) is 2. The van der Waals surface area contributed by atoms with Crippen molar-refractivity contribution in [3.63, 3.8) is 0 Å². The van der Waals surface area contributed by atoms with E-state index < -0.39 is 6.41 Å². The van der Waals surface area contributed by atoms with Crippen LogP contribution in [0.15, 0.2) is 11.3 Å². The van der Waals surface area contributed by atoms with Crippen molar-refractivity contribution >= 4 is 0 Å². The van der Waals surface area contributed by atoms with Crippen LogP contribution in [0.1, 0.15) is 71.1 Å². The molecule has 160 valence electrons. The zero-order chi connectivity index (χ0) is 19.5. The van der Waals surface area contributed by atoms with Gasteiger partial charge in [-0.05, 0) is 63.4 Å². The van der Waals surface area contributed by atoms with Crippen molar-refractivity contribution in [1.29, 1.82) is 0 Å². The van der Waals surface area contributed by atoms with Crippen LogP contribution in [0.5, 0.6) is 0 Å². The molecule has 0 radical (unpaired) electrons. The van der Waals surface area contributed by atoms with Crippen molar-refractivity contribution in [2.75, 3.05) is 32.8 Å². The molecule has 3 heterocycles. The van der Waals surface area contributed by atoms with E-state index in [4.69, 9.17) is 4.74 Å². The summed E-state index contributed by atoms with van der Waals surface area (Å²) >= 11 is 0. The molecule has 0 amide bonds. The molecule has 0 aromatic rings. The van der Waals surface area contributed by atoms with Crippen molar-refractivity contribution in [3.8, 4) is 0 Å². The first-order chi connectivity index (χ1) is 13.7. The smallest absolute Gasteiger partial charge is 0.216 e. The minimum absolute atomic E-state index is 0.271. The van der Waals surface area contributed by atoms with Crippen LogP contribution in [0.25, 0.3) is 0 Å². The number of ether oxygens (including phenoxy) is 1. The number of hydrogen-bond acceptors (Lipinski definition) is 6. The molecular formula is C22H39N3O3. The first-order valence-corrected chi connectivity index (χ1v) is 11.6. The molecule has 28 heavy (non-hydrogen) atoms. The van der Waals surface area contributed by atoms with Crippen molar-refractivity contribution < 1.29 is 14.9 Å². The molecule has 3 aliphatic heterocycles. The Bertz CT molecular complexity index is 539. The molecule has 2 fully saturated rings. The molecule has 0 bridgehead atoms. The van der Waals surface area contributed by atoms with Crippen molar-refractivity contribution in [1.82, 2.24) is 14.7 Å². The summed E-state index contributed by atoms with van der Waals surface area (Å²) in [4.78, 5) is 7.12. The number of allylic oxidation sites excluding steroid dienone is 1. The van der Waals surface area contributed by atoms with Gasteiger partial charge < -0.3 is 24.7 Å². The van der Waals surface area contributed by atoms with Gasteiger partial charge in [-0.25, -0.2) is 0 Å². The molecule has 0 aromatic heterocycles. The van der Waals surface area contributed by atoms with Crippen molar-refractivity contribution in [3.05, 3.63) is 11.3 Å². The van der Waals surface area contributed by atoms with Crippen LogP contribution >= 0.6 is 0 Å². The van der Waals surface area contributed by atoms with Crippen LogP contribution in [0.4, 0.5) is 0 Å². The maximum absolute atomic E-state index is 10.7. The summed E-state index contributed by atoms with van der Waals surface area (Å²) in [5.41, 5.74) is 3.03. The lowest BCUT2D eigenvalue weighted by Crippen LogP contribution is -2.53. The van der Waals surface area contributed by atoms with Crippen LogP contribution in [0.3, 0.4) is 0 Å². The number of aliphatic hydroxyl groups is 2. The summed E-state index contributed by atoms with van der Waals surface area (Å²) in [7, 11) is 0. The maximum atomic E-state index is 10.7. The van der Waals surface area contributed by atoms with E-state index >= 15 is 0 Å². The molecule has 0 saturated carbocycles. The predicted octanol–water partition coefficient (Wildman–Crippen LogP) is 2.47. The third-order valence-electron chi connectivity index (χ3n) is 7.30. The van der Waals surface area contributed by atoms with Gasteiger partial charge in [0.15, 0.2) is 0 Å². The van der Waals surface area contributed by atoms with Crippen LogP contribution in [0.2, 0.25) is 0 Å². The van der Waals surface area contributed by atoms with E-state index in [1.165, 1.54) is 37.0 Å². The predicted molar refractivity (Wildman–Crippen MR) is 109 cm³/mol. The van der Waals surface area contributed by atoms with E-state index in [0.29, 0.717) is 18.7 Å². The highest BCUT2D eigenvalue weighted by atomic mass is 16.6. The van der Waals surface area contributed by atoms with Gasteiger partial charge in [-0.3, -0.25) is 4.90 Å². The van der Waals surface area contributed by atoms with Crippen LogP contribution in [-0.2, 0) is 4.74 Å². The minimum Gasteiger partial charge on any atom is -0.373 e. The van der Waals surface area contributed by atoms with E-state index in [0.717, 1.165) is 64.7 Å². The first kappa shape index (κ1) is 20.6. The molecule has 0 spiro atoms. The summed E-state index contributed by atoms with van der Waals surface area (Å²) in [5, 5.41) is 20.8. The van der Waals surface area contributed by atoms with Crippen LogP contribution < -0.4 is 0 Å². The number of likely N-dealkylation sites (tertiary alicyclic amines) is 2. The lowest BCUT2D eigenvalue weighted by Gasteiger charge is -2.45. The van der Waals surface area contributed by atoms with E-state index in [1.54, 1.807) is 0 Å². The molecule has 2 atom stereocenters. The third-order valence-corrected chi connectivity index (χ3v) is 7.30. The highest BCUT2D eigenvalue weighted by Gasteiger charge is 2.38. The highest BCUT2D eigenvalue weighted by molar-refractivity contribution is 5.23. The molecule has 4 aliphatic rings. The Labute approximate surface area is 170 Å². The Morgan fingerprint density at radius 2 is 1.68 bits per heavy atom. The van der Waals surface area contributed by atoms with Gasteiger partial charge in [0.2, 0.25) is 6.41 Å². The fourth-order valence-electron chi connectivity index (χ4n) is 5.78. The number of nitrogens with zero attached hydrogens (tertiary/aromatic N) is 3. The summed E-state index contributed by atoms with van der Waals surface area (Å²) < 4.78 is 5.47. The molecule has 4 rings (SSSR count). The average Bonchev–Trinajstić information content (AvgIpc) is 3.08. The van der Waals surface area contributed by atoms with E-state index in [1.807, 2.05) is 0 Å². The topological polar surface area (TPSA) is 59.4 Å². The fraction of sp³-hybridized carbons (Fsp3) is 0.909. The first-order valence-electron chi connectivity index (χ1n) is 11.6. The summed E-state index contributed by atoms with van der Waals surface area (Å²) in [5.74, 6) is 0. The standard InChI is InChI=1S/C22H39N3O3/c1-2-15-28-22(27)24-13-7-18(8-14-24)23-11-9-19(10-12-23)25-20-6-4-3-5-17(20)16-21(25)26/h18-19,21-22,26-27H,2-16H2,1H3/t21-,22?/m1/s1. The van der Waals surface area contributed by atoms with Gasteiger partial charge in [0, 0.05) is 50.4 Å². The number of piperidine rings is 2. The quantitative estimate of drug-likeness (QED) is 0.676. The van der Waals surface area contributed by atoms with Crippen LogP contribution in [-0.4, -0.2) is 82.4 Å². The fourth-order valence-corrected chi connectivity index (χ4v) is 5.78. The molecule has 2 N–H and O–H groups in total. The highest BCUT2D eigenvalue weighted by Crippen LogP contribution is 2.40. The lowest BCUT2D eigenvalue weighted by atomic mass is 9.94. The van der Waals surface area contributed by atoms with Gasteiger partial charge in [-0.1, -0.05) is 6.92 Å². The number of rotatable bonds is 6. The van der Waals surface area contributed by atoms with Gasteiger partial charge in [0.1, 0.15) is 6.23 Å². The SMILES string of the molecule is CCCOC(O)N1CCC(N2CCC(N3C4=C(CCCC4)C[C@H]3O)CC2)CC1. The van der Waals surface area contributed by atoms with Gasteiger partial charge >= 0.3 is 0 Å². The van der Waals surface area contributed by atoms with E-state index in [9.17, 15) is 10.2 Å². The van der Waals surface area contributed by atoms with Crippen molar-refractivity contribution in [2.24, 2.45) is 0 Å². The normalized spacial score (nSPS) is 30.1. The Balaban J connectivity index is 1.24. The average molecular weight is 394 g/mol. The van der Waals surface area contributed by atoms with Gasteiger partial charge in [0.05, 0.1) is 6.61 Å². The molecule has 1 unspecified atom stereocenters. The second-order valence-electron chi connectivity index (χ2n) is 9.08. The van der Waals surface area contributed by atoms with Gasteiger partial charge in [-0.15, -0.1) is 0 Å².